The van der Waals surface area contributed by atoms with Gasteiger partial charge >= 0.3 is 0 Å². The summed E-state index contributed by atoms with van der Waals surface area (Å²) in [6.07, 6.45) is 2.48. The number of anilines is 1. The van der Waals surface area contributed by atoms with E-state index in [0.29, 0.717) is 23.6 Å². The van der Waals surface area contributed by atoms with Crippen LogP contribution in [0.15, 0.2) is 45.8 Å². The molecule has 0 atom stereocenters. The molecule has 0 aliphatic carbocycles. The highest BCUT2D eigenvalue weighted by Gasteiger charge is 2.36. The Hall–Kier alpha value is -2.58. The van der Waals surface area contributed by atoms with Gasteiger partial charge in [-0.3, -0.25) is 19.3 Å². The highest BCUT2D eigenvalue weighted by atomic mass is 79.9. The number of halogens is 1. The van der Waals surface area contributed by atoms with Crippen LogP contribution in [0.4, 0.5) is 10.5 Å². The summed E-state index contributed by atoms with van der Waals surface area (Å²) in [6.45, 7) is 5.99. The molecule has 31 heavy (non-hydrogen) atoms. The van der Waals surface area contributed by atoms with Gasteiger partial charge in [0.25, 0.3) is 11.1 Å². The summed E-state index contributed by atoms with van der Waals surface area (Å²) < 4.78 is 6.57. The zero-order chi connectivity index (χ0) is 22.5. The highest BCUT2D eigenvalue weighted by Crippen LogP contribution is 2.35. The summed E-state index contributed by atoms with van der Waals surface area (Å²) in [4.78, 5) is 39.0. The molecule has 8 heteroatoms. The third-order valence-corrected chi connectivity index (χ3v) is 6.04. The van der Waals surface area contributed by atoms with Crippen LogP contribution in [0.2, 0.25) is 0 Å². The van der Waals surface area contributed by atoms with Crippen LogP contribution in [0, 0.1) is 13.8 Å². The molecule has 1 aliphatic rings. The first-order valence-electron chi connectivity index (χ1n) is 9.84. The predicted molar refractivity (Wildman–Crippen MR) is 127 cm³/mol. The van der Waals surface area contributed by atoms with Crippen LogP contribution in [0.25, 0.3) is 6.08 Å². The number of para-hydroxylation sites is 1. The largest absolute Gasteiger partial charge is 0.493 e. The maximum atomic E-state index is 12.8. The molecule has 0 radical (unpaired) electrons. The fraction of sp³-hybridized carbons (Fsp3) is 0.261. The maximum absolute atomic E-state index is 12.8. The van der Waals surface area contributed by atoms with E-state index >= 15 is 0 Å². The normalized spacial score (nSPS) is 15.0. The monoisotopic (exact) mass is 502 g/mol. The lowest BCUT2D eigenvalue weighted by atomic mass is 10.1. The SMILES string of the molecule is CCCOc1ccc(Br)cc1/C=C1/SC(=O)N(CC(=O)Nc2c(C)cccc2C)C1=O. The fourth-order valence-electron chi connectivity index (χ4n) is 3.09. The number of benzene rings is 2. The summed E-state index contributed by atoms with van der Waals surface area (Å²) in [5, 5.41) is 2.34. The van der Waals surface area contributed by atoms with Gasteiger partial charge in [0, 0.05) is 15.7 Å². The number of rotatable bonds is 7. The van der Waals surface area contributed by atoms with Gasteiger partial charge in [-0.15, -0.1) is 0 Å². The molecule has 0 aromatic heterocycles. The van der Waals surface area contributed by atoms with Crippen molar-refractivity contribution >= 4 is 56.5 Å². The molecule has 2 aromatic carbocycles. The smallest absolute Gasteiger partial charge is 0.294 e. The quantitative estimate of drug-likeness (QED) is 0.503. The molecule has 2 aromatic rings. The Kier molecular flexibility index (Phi) is 7.56. The Morgan fingerprint density at radius 1 is 1.19 bits per heavy atom. The van der Waals surface area contributed by atoms with E-state index in [2.05, 4.69) is 21.2 Å². The molecule has 162 valence electrons. The van der Waals surface area contributed by atoms with Crippen molar-refractivity contribution in [1.82, 2.24) is 4.90 Å². The van der Waals surface area contributed by atoms with Crippen LogP contribution in [0.3, 0.4) is 0 Å². The first-order chi connectivity index (χ1) is 14.8. The molecule has 1 fully saturated rings. The Morgan fingerprint density at radius 2 is 1.90 bits per heavy atom. The number of carbonyl (C=O) groups is 3. The van der Waals surface area contributed by atoms with Crippen LogP contribution in [-0.2, 0) is 9.59 Å². The van der Waals surface area contributed by atoms with Crippen LogP contribution < -0.4 is 10.1 Å². The minimum absolute atomic E-state index is 0.254. The summed E-state index contributed by atoms with van der Waals surface area (Å²) in [6, 6.07) is 11.2. The Labute approximate surface area is 194 Å². The lowest BCUT2D eigenvalue weighted by Crippen LogP contribution is -2.36. The molecule has 0 unspecified atom stereocenters. The molecule has 1 N–H and O–H groups in total. The van der Waals surface area contributed by atoms with Gasteiger partial charge in [-0.05, 0) is 67.4 Å². The van der Waals surface area contributed by atoms with Gasteiger partial charge in [0.1, 0.15) is 12.3 Å². The van der Waals surface area contributed by atoms with E-state index < -0.39 is 17.1 Å². The lowest BCUT2D eigenvalue weighted by Gasteiger charge is -2.15. The topological polar surface area (TPSA) is 75.7 Å². The molecule has 1 saturated heterocycles. The van der Waals surface area contributed by atoms with Crippen molar-refractivity contribution in [3.8, 4) is 5.75 Å². The van der Waals surface area contributed by atoms with Crippen molar-refractivity contribution in [2.24, 2.45) is 0 Å². The van der Waals surface area contributed by atoms with E-state index in [1.165, 1.54) is 0 Å². The molecular formula is C23H23BrN2O4S. The average Bonchev–Trinajstić information content (AvgIpc) is 2.97. The number of nitrogens with one attached hydrogen (secondary N) is 1. The molecule has 0 bridgehead atoms. The molecule has 3 amide bonds. The second-order valence-electron chi connectivity index (χ2n) is 7.11. The third kappa shape index (κ3) is 5.57. The minimum atomic E-state index is -0.493. The van der Waals surface area contributed by atoms with Crippen molar-refractivity contribution in [2.45, 2.75) is 27.2 Å². The van der Waals surface area contributed by atoms with Crippen molar-refractivity contribution in [1.29, 1.82) is 0 Å². The van der Waals surface area contributed by atoms with Crippen LogP contribution >= 0.6 is 27.7 Å². The zero-order valence-corrected chi connectivity index (χ0v) is 19.9. The van der Waals surface area contributed by atoms with Crippen LogP contribution in [0.5, 0.6) is 5.75 Å². The highest BCUT2D eigenvalue weighted by molar-refractivity contribution is 9.10. The molecule has 6 nitrogen and oxygen atoms in total. The Morgan fingerprint density at radius 3 is 2.58 bits per heavy atom. The number of imide groups is 1. The molecule has 0 spiro atoms. The van der Waals surface area contributed by atoms with Gasteiger partial charge in [-0.1, -0.05) is 41.1 Å². The number of ether oxygens (including phenoxy) is 1. The third-order valence-electron chi connectivity index (χ3n) is 4.64. The fourth-order valence-corrected chi connectivity index (χ4v) is 4.30. The first kappa shape index (κ1) is 23.1. The number of thioether (sulfide) groups is 1. The number of carbonyl (C=O) groups excluding carboxylic acids is 3. The number of amides is 3. The summed E-state index contributed by atoms with van der Waals surface area (Å²) in [5.41, 5.74) is 3.21. The van der Waals surface area contributed by atoms with Crippen molar-refractivity contribution < 1.29 is 19.1 Å². The molecule has 3 rings (SSSR count). The summed E-state index contributed by atoms with van der Waals surface area (Å²) in [7, 11) is 0. The second-order valence-corrected chi connectivity index (χ2v) is 9.02. The Bertz CT molecular complexity index is 1050. The van der Waals surface area contributed by atoms with Gasteiger partial charge in [-0.2, -0.15) is 0 Å². The maximum Gasteiger partial charge on any atom is 0.294 e. The minimum Gasteiger partial charge on any atom is -0.493 e. The van der Waals surface area contributed by atoms with Gasteiger partial charge in [0.05, 0.1) is 11.5 Å². The van der Waals surface area contributed by atoms with E-state index in [4.69, 9.17) is 4.74 Å². The van der Waals surface area contributed by atoms with Crippen LogP contribution in [-0.4, -0.2) is 35.1 Å². The van der Waals surface area contributed by atoms with Gasteiger partial charge in [0.15, 0.2) is 0 Å². The summed E-state index contributed by atoms with van der Waals surface area (Å²) in [5.74, 6) is -0.284. The average molecular weight is 503 g/mol. The van der Waals surface area contributed by atoms with Crippen LogP contribution in [0.1, 0.15) is 30.0 Å². The van der Waals surface area contributed by atoms with Crippen molar-refractivity contribution in [3.05, 3.63) is 62.5 Å². The lowest BCUT2D eigenvalue weighted by molar-refractivity contribution is -0.127. The standard InChI is InChI=1S/C23H23BrN2O4S/c1-4-10-30-18-9-8-17(24)11-16(18)12-19-22(28)26(23(29)31-19)13-20(27)25-21-14(2)6-5-7-15(21)3/h5-9,11-12H,4,10,13H2,1-3H3,(H,25,27)/b19-12+. The summed E-state index contributed by atoms with van der Waals surface area (Å²) >= 11 is 4.24. The molecule has 1 heterocycles. The molecule has 1 aliphatic heterocycles. The van der Waals surface area contributed by atoms with E-state index in [-0.39, 0.29) is 11.4 Å². The number of aryl methyl sites for hydroxylation is 2. The number of nitrogens with zero attached hydrogens (tertiary/aromatic N) is 1. The molecule has 0 saturated carbocycles. The van der Waals surface area contributed by atoms with Crippen molar-refractivity contribution in [3.63, 3.8) is 0 Å². The van der Waals surface area contributed by atoms with Gasteiger partial charge in [0.2, 0.25) is 5.91 Å². The van der Waals surface area contributed by atoms with Gasteiger partial charge < -0.3 is 10.1 Å². The number of hydrogen-bond donors (Lipinski definition) is 1. The van der Waals surface area contributed by atoms with E-state index in [0.717, 1.165) is 38.7 Å². The predicted octanol–water partition coefficient (Wildman–Crippen LogP) is 5.53. The zero-order valence-electron chi connectivity index (χ0n) is 17.5. The first-order valence-corrected chi connectivity index (χ1v) is 11.4. The van der Waals surface area contributed by atoms with E-state index in [1.807, 2.05) is 57.2 Å². The molecular weight excluding hydrogens is 480 g/mol. The number of hydrogen-bond acceptors (Lipinski definition) is 5. The Balaban J connectivity index is 1.77. The second kappa shape index (κ2) is 10.2. The van der Waals surface area contributed by atoms with E-state index in [9.17, 15) is 14.4 Å². The van der Waals surface area contributed by atoms with Gasteiger partial charge in [-0.25, -0.2) is 0 Å². The van der Waals surface area contributed by atoms with Crippen molar-refractivity contribution in [2.75, 3.05) is 18.5 Å². The van der Waals surface area contributed by atoms with E-state index in [1.54, 1.807) is 6.08 Å².